The smallest absolute Gasteiger partial charge is 0.298 e. The molecule has 3 rings (SSSR count). The van der Waals surface area contributed by atoms with E-state index in [2.05, 4.69) is 0 Å². The molecule has 22 heavy (non-hydrogen) atoms. The first-order valence-corrected chi connectivity index (χ1v) is 7.22. The summed E-state index contributed by atoms with van der Waals surface area (Å²) in [6, 6.07) is 12.3. The monoisotopic (exact) mass is 313 g/mol. The van der Waals surface area contributed by atoms with E-state index in [1.54, 1.807) is 18.2 Å². The van der Waals surface area contributed by atoms with E-state index in [1.807, 2.05) is 0 Å². The van der Waals surface area contributed by atoms with Crippen LogP contribution < -0.4 is 4.90 Å². The van der Waals surface area contributed by atoms with Gasteiger partial charge in [-0.25, -0.2) is 4.90 Å². The lowest BCUT2D eigenvalue weighted by molar-refractivity contribution is -0.113. The predicted molar refractivity (Wildman–Crippen MR) is 84.7 cm³/mol. The van der Waals surface area contributed by atoms with E-state index in [1.165, 1.54) is 36.4 Å². The largest absolute Gasteiger partial charge is 0.508 e. The van der Waals surface area contributed by atoms with Crippen molar-refractivity contribution in [2.24, 2.45) is 0 Å². The maximum atomic E-state index is 12.4. The third-order valence-corrected chi connectivity index (χ3v) is 3.94. The second-order valence-electron chi connectivity index (χ2n) is 4.63. The number of carbonyl (C=O) groups excluding carboxylic acids is 2. The van der Waals surface area contributed by atoms with Crippen LogP contribution in [0.3, 0.4) is 0 Å². The highest BCUT2D eigenvalue weighted by molar-refractivity contribution is 8.19. The zero-order chi connectivity index (χ0) is 15.7. The van der Waals surface area contributed by atoms with Crippen molar-refractivity contribution in [2.75, 3.05) is 4.90 Å². The van der Waals surface area contributed by atoms with Gasteiger partial charge in [0.05, 0.1) is 10.6 Å². The lowest BCUT2D eigenvalue weighted by Gasteiger charge is -2.12. The Morgan fingerprint density at radius 3 is 2.36 bits per heavy atom. The summed E-state index contributed by atoms with van der Waals surface area (Å²) in [5.41, 5.74) is 1.04. The van der Waals surface area contributed by atoms with Gasteiger partial charge in [0.25, 0.3) is 11.1 Å². The van der Waals surface area contributed by atoms with Gasteiger partial charge in [-0.15, -0.1) is 0 Å². The lowest BCUT2D eigenvalue weighted by atomic mass is 10.2. The molecule has 5 nitrogen and oxygen atoms in total. The Morgan fingerprint density at radius 1 is 0.955 bits per heavy atom. The fourth-order valence-electron chi connectivity index (χ4n) is 2.06. The summed E-state index contributed by atoms with van der Waals surface area (Å²) in [6.07, 6.45) is 1.56. The molecular weight excluding hydrogens is 302 g/mol. The van der Waals surface area contributed by atoms with Crippen molar-refractivity contribution in [2.45, 2.75) is 0 Å². The van der Waals surface area contributed by atoms with Crippen molar-refractivity contribution in [3.63, 3.8) is 0 Å². The Bertz CT molecular complexity index is 783. The number of benzene rings is 2. The van der Waals surface area contributed by atoms with E-state index in [0.29, 0.717) is 11.3 Å². The Morgan fingerprint density at radius 2 is 1.68 bits per heavy atom. The van der Waals surface area contributed by atoms with Crippen molar-refractivity contribution >= 4 is 34.7 Å². The lowest BCUT2D eigenvalue weighted by Crippen LogP contribution is -2.27. The molecule has 1 fully saturated rings. The molecular formula is C16H11NO4S. The molecule has 0 spiro atoms. The van der Waals surface area contributed by atoms with Crippen molar-refractivity contribution < 1.29 is 19.8 Å². The van der Waals surface area contributed by atoms with E-state index in [4.69, 9.17) is 0 Å². The van der Waals surface area contributed by atoms with Gasteiger partial charge in [0, 0.05) is 0 Å². The first-order chi connectivity index (χ1) is 10.5. The summed E-state index contributed by atoms with van der Waals surface area (Å²) >= 11 is 0.836. The Kier molecular flexibility index (Phi) is 3.60. The van der Waals surface area contributed by atoms with Gasteiger partial charge in [-0.3, -0.25) is 9.59 Å². The second kappa shape index (κ2) is 5.57. The average Bonchev–Trinajstić information content (AvgIpc) is 2.75. The number of anilines is 1. The summed E-state index contributed by atoms with van der Waals surface area (Å²) in [6.45, 7) is 0. The summed E-state index contributed by atoms with van der Waals surface area (Å²) in [5, 5.41) is 18.3. The first-order valence-electron chi connectivity index (χ1n) is 6.40. The Balaban J connectivity index is 1.93. The summed E-state index contributed by atoms with van der Waals surface area (Å²) in [5.74, 6) is -0.276. The predicted octanol–water partition coefficient (Wildman–Crippen LogP) is 3.34. The number of hydrogen-bond acceptors (Lipinski definition) is 5. The van der Waals surface area contributed by atoms with Gasteiger partial charge < -0.3 is 10.2 Å². The van der Waals surface area contributed by atoms with Crippen molar-refractivity contribution in [3.8, 4) is 11.5 Å². The SMILES string of the molecule is O=C1S/C(=C\c2cccc(O)c2)C(=O)N1c1ccc(O)cc1. The molecule has 1 aliphatic heterocycles. The minimum atomic E-state index is -0.427. The standard InChI is InChI=1S/C16H11NO4S/c18-12-6-4-11(5-7-12)17-15(20)14(22-16(17)21)9-10-2-1-3-13(19)8-10/h1-9,18-19H/b14-9-. The van der Waals surface area contributed by atoms with Crippen LogP contribution in [0.2, 0.25) is 0 Å². The van der Waals surface area contributed by atoms with Crippen LogP contribution in [0.5, 0.6) is 11.5 Å². The first kappa shape index (κ1) is 14.2. The van der Waals surface area contributed by atoms with Crippen LogP contribution in [0, 0.1) is 0 Å². The van der Waals surface area contributed by atoms with Gasteiger partial charge in [0.2, 0.25) is 0 Å². The normalized spacial score (nSPS) is 16.5. The minimum absolute atomic E-state index is 0.0611. The molecule has 0 aliphatic carbocycles. The number of aromatic hydroxyl groups is 2. The third kappa shape index (κ3) is 2.68. The van der Waals surface area contributed by atoms with Gasteiger partial charge in [0.1, 0.15) is 11.5 Å². The number of thioether (sulfide) groups is 1. The van der Waals surface area contributed by atoms with Gasteiger partial charge >= 0.3 is 0 Å². The number of phenolic OH excluding ortho intramolecular Hbond substituents is 2. The maximum absolute atomic E-state index is 12.4. The van der Waals surface area contributed by atoms with Crippen molar-refractivity contribution in [3.05, 3.63) is 59.0 Å². The van der Waals surface area contributed by atoms with E-state index >= 15 is 0 Å². The molecule has 1 saturated heterocycles. The van der Waals surface area contributed by atoms with Gasteiger partial charge in [-0.1, -0.05) is 12.1 Å². The number of rotatable bonds is 2. The molecule has 2 aromatic rings. The Hall–Kier alpha value is -2.73. The van der Waals surface area contributed by atoms with Crippen LogP contribution >= 0.6 is 11.8 Å². The van der Waals surface area contributed by atoms with E-state index in [-0.39, 0.29) is 16.4 Å². The molecule has 2 aromatic carbocycles. The molecule has 0 radical (unpaired) electrons. The van der Waals surface area contributed by atoms with Gasteiger partial charge in [-0.05, 0) is 59.8 Å². The molecule has 0 bridgehead atoms. The van der Waals surface area contributed by atoms with Crippen LogP contribution in [0.15, 0.2) is 53.4 Å². The molecule has 0 saturated carbocycles. The van der Waals surface area contributed by atoms with E-state index in [9.17, 15) is 19.8 Å². The highest BCUT2D eigenvalue weighted by Crippen LogP contribution is 2.36. The summed E-state index contributed by atoms with van der Waals surface area (Å²) < 4.78 is 0. The average molecular weight is 313 g/mol. The topological polar surface area (TPSA) is 77.8 Å². The fourth-order valence-corrected chi connectivity index (χ4v) is 2.90. The minimum Gasteiger partial charge on any atom is -0.508 e. The molecule has 2 N–H and O–H groups in total. The second-order valence-corrected chi connectivity index (χ2v) is 5.62. The molecule has 110 valence electrons. The molecule has 0 atom stereocenters. The maximum Gasteiger partial charge on any atom is 0.298 e. The van der Waals surface area contributed by atoms with E-state index in [0.717, 1.165) is 16.7 Å². The summed E-state index contributed by atoms with van der Waals surface area (Å²) in [4.78, 5) is 25.8. The van der Waals surface area contributed by atoms with Crippen molar-refractivity contribution in [1.29, 1.82) is 0 Å². The van der Waals surface area contributed by atoms with Crippen LogP contribution in [0.1, 0.15) is 5.56 Å². The zero-order valence-electron chi connectivity index (χ0n) is 11.3. The molecule has 1 heterocycles. The number of imide groups is 1. The molecule has 0 unspecified atom stereocenters. The van der Waals surface area contributed by atoms with Crippen LogP contribution in [-0.4, -0.2) is 21.4 Å². The van der Waals surface area contributed by atoms with E-state index < -0.39 is 11.1 Å². The quantitative estimate of drug-likeness (QED) is 0.831. The molecule has 0 aromatic heterocycles. The van der Waals surface area contributed by atoms with Crippen molar-refractivity contribution in [1.82, 2.24) is 0 Å². The molecule has 2 amide bonds. The zero-order valence-corrected chi connectivity index (χ0v) is 12.1. The Labute approximate surface area is 130 Å². The van der Waals surface area contributed by atoms with Gasteiger partial charge in [0.15, 0.2) is 0 Å². The number of phenols is 2. The highest BCUT2D eigenvalue weighted by atomic mass is 32.2. The van der Waals surface area contributed by atoms with Gasteiger partial charge in [-0.2, -0.15) is 0 Å². The molecule has 1 aliphatic rings. The van der Waals surface area contributed by atoms with Crippen LogP contribution in [-0.2, 0) is 4.79 Å². The number of nitrogens with zero attached hydrogens (tertiary/aromatic N) is 1. The van der Waals surface area contributed by atoms with Crippen LogP contribution in [0.25, 0.3) is 6.08 Å². The number of amides is 2. The number of hydrogen-bond donors (Lipinski definition) is 2. The highest BCUT2D eigenvalue weighted by Gasteiger charge is 2.36. The van der Waals surface area contributed by atoms with Crippen LogP contribution in [0.4, 0.5) is 10.5 Å². The summed E-state index contributed by atoms with van der Waals surface area (Å²) in [7, 11) is 0. The number of carbonyl (C=O) groups is 2. The molecule has 6 heteroatoms. The third-order valence-electron chi connectivity index (χ3n) is 3.07. The fraction of sp³-hybridized carbons (Fsp3) is 0.